The molecule has 4 nitrogen and oxygen atoms in total. The van der Waals surface area contributed by atoms with Crippen LogP contribution >= 0.6 is 0 Å². The number of fused-ring (bicyclic) bond motifs is 7. The molecule has 0 atom stereocenters. The fourth-order valence-corrected chi connectivity index (χ4v) is 6.00. The Morgan fingerprint density at radius 1 is 0.700 bits per heavy atom. The van der Waals surface area contributed by atoms with Crippen molar-refractivity contribution in [2.24, 2.45) is 0 Å². The summed E-state index contributed by atoms with van der Waals surface area (Å²) in [5, 5.41) is 2.46. The molecule has 1 aliphatic rings. The summed E-state index contributed by atoms with van der Waals surface area (Å²) in [5.74, 6) is 2.44. The van der Waals surface area contributed by atoms with Gasteiger partial charge in [-0.15, -0.1) is 0 Å². The van der Waals surface area contributed by atoms with Crippen LogP contribution in [0.2, 0.25) is 0 Å². The molecule has 1 aliphatic carbocycles. The molecule has 190 valence electrons. The Kier molecular flexibility index (Phi) is 5.07. The molecule has 4 aromatic carbocycles. The van der Waals surface area contributed by atoms with Crippen molar-refractivity contribution in [2.45, 2.75) is 13.3 Å². The van der Waals surface area contributed by atoms with Crippen LogP contribution in [-0.4, -0.2) is 14.5 Å². The average Bonchev–Trinajstić information content (AvgIpc) is 3.53. The minimum atomic E-state index is 0.772. The minimum Gasteiger partial charge on any atom is -0.457 e. The molecule has 0 bridgehead atoms. The number of pyridine rings is 2. The van der Waals surface area contributed by atoms with Crippen LogP contribution in [0.25, 0.3) is 50.0 Å². The summed E-state index contributed by atoms with van der Waals surface area (Å²) in [7, 11) is 0. The Hall–Kier alpha value is -5.22. The maximum absolute atomic E-state index is 6.44. The summed E-state index contributed by atoms with van der Waals surface area (Å²) < 4.78 is 8.71. The van der Waals surface area contributed by atoms with Crippen molar-refractivity contribution in [3.63, 3.8) is 0 Å². The molecule has 7 aromatic rings. The molecular weight excluding hydrogens is 490 g/mol. The monoisotopic (exact) mass is 515 g/mol. The summed E-state index contributed by atoms with van der Waals surface area (Å²) in [6, 6.07) is 37.9. The van der Waals surface area contributed by atoms with Gasteiger partial charge in [-0.1, -0.05) is 54.6 Å². The van der Waals surface area contributed by atoms with E-state index in [4.69, 9.17) is 9.72 Å². The lowest BCUT2D eigenvalue weighted by molar-refractivity contribution is 0.483. The van der Waals surface area contributed by atoms with Gasteiger partial charge in [0, 0.05) is 34.8 Å². The first-order valence-electron chi connectivity index (χ1n) is 13.5. The smallest absolute Gasteiger partial charge is 0.137 e. The number of nitrogens with zero attached hydrogens (tertiary/aromatic N) is 3. The van der Waals surface area contributed by atoms with Gasteiger partial charge in [0.15, 0.2) is 0 Å². The first kappa shape index (κ1) is 22.7. The molecular formula is C36H25N3O. The molecule has 8 rings (SSSR count). The van der Waals surface area contributed by atoms with E-state index in [2.05, 4.69) is 89.3 Å². The van der Waals surface area contributed by atoms with Gasteiger partial charge in [0.2, 0.25) is 0 Å². The van der Waals surface area contributed by atoms with Crippen molar-refractivity contribution in [1.82, 2.24) is 14.5 Å². The lowest BCUT2D eigenvalue weighted by atomic mass is 9.99. The zero-order valence-electron chi connectivity index (χ0n) is 22.0. The van der Waals surface area contributed by atoms with E-state index in [0.29, 0.717) is 0 Å². The zero-order valence-corrected chi connectivity index (χ0v) is 22.0. The number of hydrogen-bond acceptors (Lipinski definition) is 3. The van der Waals surface area contributed by atoms with Crippen molar-refractivity contribution in [3.05, 3.63) is 138 Å². The summed E-state index contributed by atoms with van der Waals surface area (Å²) in [6.45, 7) is 2.07. The van der Waals surface area contributed by atoms with Crippen LogP contribution in [0.5, 0.6) is 11.5 Å². The molecule has 0 saturated carbocycles. The van der Waals surface area contributed by atoms with Crippen LogP contribution in [0.3, 0.4) is 0 Å². The molecule has 0 radical (unpaired) electrons. The highest BCUT2D eigenvalue weighted by Gasteiger charge is 2.25. The largest absolute Gasteiger partial charge is 0.457 e. The molecule has 40 heavy (non-hydrogen) atoms. The predicted octanol–water partition coefficient (Wildman–Crippen LogP) is 8.91. The maximum atomic E-state index is 6.44. The molecule has 0 fully saturated rings. The van der Waals surface area contributed by atoms with E-state index in [1.807, 2.05) is 48.8 Å². The minimum absolute atomic E-state index is 0.772. The van der Waals surface area contributed by atoms with E-state index in [1.54, 1.807) is 0 Å². The standard InChI is InChI=1S/C36H25N3O/c1-23-12-17-34(38-22-23)39-32-16-13-26-19-24-7-2-3-10-29(24)35(26)36(32)30-15-14-28(21-33(30)39)40-27-9-6-8-25(20-27)31-11-4-5-18-37-31/h2-18,20-22H,19H2,1H3. The van der Waals surface area contributed by atoms with E-state index >= 15 is 0 Å². The quantitative estimate of drug-likeness (QED) is 0.235. The molecule has 0 unspecified atom stereocenters. The molecule has 0 amide bonds. The second-order valence-corrected chi connectivity index (χ2v) is 10.4. The molecule has 3 aromatic heterocycles. The van der Waals surface area contributed by atoms with Gasteiger partial charge in [-0.2, -0.15) is 0 Å². The lowest BCUT2D eigenvalue weighted by Gasteiger charge is -2.10. The molecule has 0 saturated heterocycles. The Morgan fingerprint density at radius 3 is 2.48 bits per heavy atom. The Balaban J connectivity index is 1.32. The third kappa shape index (κ3) is 3.61. The number of rotatable bonds is 4. The maximum Gasteiger partial charge on any atom is 0.137 e. The van der Waals surface area contributed by atoms with Gasteiger partial charge < -0.3 is 4.74 Å². The highest BCUT2D eigenvalue weighted by molar-refractivity contribution is 6.17. The molecule has 0 N–H and O–H groups in total. The number of ether oxygens (including phenoxy) is 1. The van der Waals surface area contributed by atoms with Gasteiger partial charge in [-0.25, -0.2) is 4.98 Å². The van der Waals surface area contributed by atoms with Crippen LogP contribution < -0.4 is 4.74 Å². The topological polar surface area (TPSA) is 39.9 Å². The summed E-state index contributed by atoms with van der Waals surface area (Å²) >= 11 is 0. The second-order valence-electron chi connectivity index (χ2n) is 10.4. The third-order valence-corrected chi connectivity index (χ3v) is 7.81. The number of hydrogen-bond donors (Lipinski definition) is 0. The van der Waals surface area contributed by atoms with E-state index in [9.17, 15) is 0 Å². The zero-order chi connectivity index (χ0) is 26.6. The summed E-state index contributed by atoms with van der Waals surface area (Å²) in [4.78, 5) is 9.33. The SMILES string of the molecule is Cc1ccc(-n2c3cc(Oc4cccc(-c5ccccn5)c4)ccc3c3c4c(ccc32)Cc2ccccc2-4)nc1. The first-order chi connectivity index (χ1) is 19.7. The van der Waals surface area contributed by atoms with Crippen LogP contribution in [0.15, 0.2) is 122 Å². The fraction of sp³-hybridized carbons (Fsp3) is 0.0556. The third-order valence-electron chi connectivity index (χ3n) is 7.81. The molecule has 0 spiro atoms. The van der Waals surface area contributed by atoms with Crippen molar-refractivity contribution < 1.29 is 4.74 Å². The van der Waals surface area contributed by atoms with Gasteiger partial charge >= 0.3 is 0 Å². The van der Waals surface area contributed by atoms with Crippen molar-refractivity contribution in [1.29, 1.82) is 0 Å². The Morgan fingerprint density at radius 2 is 1.60 bits per heavy atom. The van der Waals surface area contributed by atoms with E-state index < -0.39 is 0 Å². The first-order valence-corrected chi connectivity index (χ1v) is 13.5. The van der Waals surface area contributed by atoms with Crippen LogP contribution in [-0.2, 0) is 6.42 Å². The van der Waals surface area contributed by atoms with Gasteiger partial charge in [-0.05, 0) is 89.7 Å². The molecule has 3 heterocycles. The fourth-order valence-electron chi connectivity index (χ4n) is 6.00. The van der Waals surface area contributed by atoms with Crippen LogP contribution in [0, 0.1) is 6.92 Å². The van der Waals surface area contributed by atoms with Gasteiger partial charge in [0.1, 0.15) is 17.3 Å². The summed E-state index contributed by atoms with van der Waals surface area (Å²) in [5.41, 5.74) is 10.7. The van der Waals surface area contributed by atoms with Crippen molar-refractivity contribution in [2.75, 3.05) is 0 Å². The van der Waals surface area contributed by atoms with Gasteiger partial charge in [-0.3, -0.25) is 9.55 Å². The summed E-state index contributed by atoms with van der Waals surface area (Å²) in [6.07, 6.45) is 4.70. The van der Waals surface area contributed by atoms with Crippen molar-refractivity contribution >= 4 is 21.8 Å². The predicted molar refractivity (Wildman–Crippen MR) is 161 cm³/mol. The number of benzene rings is 4. The number of aromatic nitrogens is 3. The Bertz CT molecular complexity index is 2060. The van der Waals surface area contributed by atoms with Gasteiger partial charge in [0.05, 0.1) is 16.7 Å². The van der Waals surface area contributed by atoms with Crippen LogP contribution in [0.1, 0.15) is 16.7 Å². The lowest BCUT2D eigenvalue weighted by Crippen LogP contribution is -1.97. The average molecular weight is 516 g/mol. The second kappa shape index (κ2) is 8.92. The van der Waals surface area contributed by atoms with E-state index in [1.165, 1.54) is 33.0 Å². The number of aryl methyl sites for hydroxylation is 1. The van der Waals surface area contributed by atoms with E-state index in [0.717, 1.165) is 51.6 Å². The van der Waals surface area contributed by atoms with Crippen molar-refractivity contribution in [3.8, 4) is 39.7 Å². The van der Waals surface area contributed by atoms with E-state index in [-0.39, 0.29) is 0 Å². The molecule has 0 aliphatic heterocycles. The van der Waals surface area contributed by atoms with Crippen LogP contribution in [0.4, 0.5) is 0 Å². The highest BCUT2D eigenvalue weighted by Crippen LogP contribution is 2.46. The molecule has 4 heteroatoms. The van der Waals surface area contributed by atoms with Gasteiger partial charge in [0.25, 0.3) is 0 Å². The Labute approximate surface area is 232 Å². The highest BCUT2D eigenvalue weighted by atomic mass is 16.5. The normalized spacial score (nSPS) is 12.0.